The largest absolute Gasteiger partial charge is 0.346 e. The zero-order valence-electron chi connectivity index (χ0n) is 12.0. The first-order valence-corrected chi connectivity index (χ1v) is 6.89. The van der Waals surface area contributed by atoms with E-state index in [4.69, 9.17) is 0 Å². The Hall–Kier alpha value is -2.13. The van der Waals surface area contributed by atoms with Crippen LogP contribution in [0.15, 0.2) is 55.0 Å². The van der Waals surface area contributed by atoms with Crippen molar-refractivity contribution in [2.75, 3.05) is 20.6 Å². The zero-order valence-corrected chi connectivity index (χ0v) is 12.0. The minimum absolute atomic E-state index is 0.999. The van der Waals surface area contributed by atoms with Gasteiger partial charge in [0.2, 0.25) is 0 Å². The van der Waals surface area contributed by atoms with E-state index in [9.17, 15) is 0 Å². The van der Waals surface area contributed by atoms with Crippen LogP contribution in [-0.4, -0.2) is 35.1 Å². The third-order valence-electron chi connectivity index (χ3n) is 3.57. The van der Waals surface area contributed by atoms with Crippen molar-refractivity contribution in [2.45, 2.75) is 6.54 Å². The predicted molar refractivity (Wildman–Crippen MR) is 83.7 cm³/mol. The molecular weight excluding hydrogens is 246 g/mol. The molecular formula is C17H19N3. The fourth-order valence-electron chi connectivity index (χ4n) is 2.50. The second-order valence-corrected chi connectivity index (χ2v) is 5.29. The van der Waals surface area contributed by atoms with Crippen LogP contribution in [-0.2, 0) is 6.54 Å². The lowest BCUT2D eigenvalue weighted by molar-refractivity contribution is 0.387. The maximum atomic E-state index is 4.10. The predicted octanol–water partition coefficient (Wildman–Crippen LogP) is 3.26. The normalized spacial score (nSPS) is 11.3. The maximum Gasteiger partial charge on any atom is 0.0487 e. The summed E-state index contributed by atoms with van der Waals surface area (Å²) in [6, 6.07) is 12.7. The van der Waals surface area contributed by atoms with E-state index in [0.717, 1.165) is 13.1 Å². The molecule has 0 unspecified atom stereocenters. The Morgan fingerprint density at radius 2 is 1.80 bits per heavy atom. The van der Waals surface area contributed by atoms with Crippen LogP contribution in [0.4, 0.5) is 0 Å². The number of nitrogens with zero attached hydrogens (tertiary/aromatic N) is 3. The number of benzene rings is 1. The van der Waals surface area contributed by atoms with Crippen LogP contribution in [0.3, 0.4) is 0 Å². The fraction of sp³-hybridized carbons (Fsp3) is 0.235. The molecule has 0 aliphatic heterocycles. The van der Waals surface area contributed by atoms with Crippen molar-refractivity contribution in [1.29, 1.82) is 0 Å². The number of likely N-dealkylation sites (N-methyl/N-ethyl adjacent to an activating group) is 1. The van der Waals surface area contributed by atoms with Gasteiger partial charge in [0.25, 0.3) is 0 Å². The Kier molecular flexibility index (Phi) is 3.52. The second kappa shape index (κ2) is 5.47. The van der Waals surface area contributed by atoms with Crippen LogP contribution in [0.2, 0.25) is 0 Å². The molecule has 3 rings (SSSR count). The van der Waals surface area contributed by atoms with Gasteiger partial charge in [-0.15, -0.1) is 0 Å². The third-order valence-corrected chi connectivity index (χ3v) is 3.57. The standard InChI is InChI=1S/C17H19N3/c1-19(2)11-12-20-13-16(14-7-9-18-10-8-14)15-5-3-4-6-17(15)20/h3-10,13H,11-12H2,1-2H3. The average molecular weight is 265 g/mol. The molecule has 0 aliphatic rings. The molecule has 0 amide bonds. The molecule has 20 heavy (non-hydrogen) atoms. The highest BCUT2D eigenvalue weighted by Gasteiger charge is 2.09. The van der Waals surface area contributed by atoms with Crippen LogP contribution >= 0.6 is 0 Å². The minimum Gasteiger partial charge on any atom is -0.346 e. The summed E-state index contributed by atoms with van der Waals surface area (Å²) < 4.78 is 2.34. The van der Waals surface area contributed by atoms with Gasteiger partial charge in [-0.25, -0.2) is 0 Å². The summed E-state index contributed by atoms with van der Waals surface area (Å²) in [5.74, 6) is 0. The number of para-hydroxylation sites is 1. The SMILES string of the molecule is CN(C)CCn1cc(-c2ccncc2)c2ccccc21. The van der Waals surface area contributed by atoms with Crippen molar-refractivity contribution in [2.24, 2.45) is 0 Å². The smallest absolute Gasteiger partial charge is 0.0487 e. The van der Waals surface area contributed by atoms with Crippen molar-refractivity contribution in [3.63, 3.8) is 0 Å². The molecule has 0 bridgehead atoms. The topological polar surface area (TPSA) is 21.1 Å². The summed E-state index contributed by atoms with van der Waals surface area (Å²) in [6.45, 7) is 2.03. The van der Waals surface area contributed by atoms with E-state index in [1.54, 1.807) is 0 Å². The number of hydrogen-bond donors (Lipinski definition) is 0. The highest BCUT2D eigenvalue weighted by molar-refractivity contribution is 5.95. The molecule has 3 aromatic rings. The van der Waals surface area contributed by atoms with Gasteiger partial charge in [0, 0.05) is 48.1 Å². The van der Waals surface area contributed by atoms with Crippen molar-refractivity contribution in [1.82, 2.24) is 14.5 Å². The quantitative estimate of drug-likeness (QED) is 0.722. The van der Waals surface area contributed by atoms with Crippen LogP contribution < -0.4 is 0 Å². The van der Waals surface area contributed by atoms with Gasteiger partial charge in [0.05, 0.1) is 0 Å². The van der Waals surface area contributed by atoms with E-state index >= 15 is 0 Å². The van der Waals surface area contributed by atoms with Crippen LogP contribution in [0.25, 0.3) is 22.0 Å². The molecule has 0 N–H and O–H groups in total. The van der Waals surface area contributed by atoms with Crippen LogP contribution in [0, 0.1) is 0 Å². The first-order chi connectivity index (χ1) is 9.75. The Balaban J connectivity index is 2.09. The number of aromatic nitrogens is 2. The first-order valence-electron chi connectivity index (χ1n) is 6.89. The van der Waals surface area contributed by atoms with Gasteiger partial charge in [-0.05, 0) is 37.9 Å². The molecule has 102 valence electrons. The van der Waals surface area contributed by atoms with Crippen molar-refractivity contribution in [3.05, 3.63) is 55.0 Å². The molecule has 0 saturated heterocycles. The Morgan fingerprint density at radius 3 is 2.55 bits per heavy atom. The van der Waals surface area contributed by atoms with Crippen molar-refractivity contribution in [3.8, 4) is 11.1 Å². The molecule has 0 spiro atoms. The zero-order chi connectivity index (χ0) is 13.9. The Bertz CT molecular complexity index is 699. The molecule has 3 nitrogen and oxygen atoms in total. The molecule has 3 heteroatoms. The number of pyridine rings is 1. The molecule has 2 aromatic heterocycles. The highest BCUT2D eigenvalue weighted by atomic mass is 15.1. The van der Waals surface area contributed by atoms with Gasteiger partial charge < -0.3 is 9.47 Å². The summed E-state index contributed by atoms with van der Waals surface area (Å²) >= 11 is 0. The molecule has 0 atom stereocenters. The molecule has 0 fully saturated rings. The van der Waals surface area contributed by atoms with Gasteiger partial charge >= 0.3 is 0 Å². The van der Waals surface area contributed by atoms with Gasteiger partial charge in [0.1, 0.15) is 0 Å². The van der Waals surface area contributed by atoms with E-state index < -0.39 is 0 Å². The average Bonchev–Trinajstić information content (AvgIpc) is 2.85. The van der Waals surface area contributed by atoms with E-state index in [2.05, 4.69) is 71.1 Å². The molecule has 0 aliphatic carbocycles. The molecule has 2 heterocycles. The minimum atomic E-state index is 0.999. The summed E-state index contributed by atoms with van der Waals surface area (Å²) in [4.78, 5) is 6.31. The summed E-state index contributed by atoms with van der Waals surface area (Å²) in [5, 5.41) is 1.30. The van der Waals surface area contributed by atoms with Crippen molar-refractivity contribution >= 4 is 10.9 Å². The van der Waals surface area contributed by atoms with E-state index in [0.29, 0.717) is 0 Å². The van der Waals surface area contributed by atoms with Crippen LogP contribution in [0.1, 0.15) is 0 Å². The maximum absolute atomic E-state index is 4.10. The lowest BCUT2D eigenvalue weighted by atomic mass is 10.1. The second-order valence-electron chi connectivity index (χ2n) is 5.29. The van der Waals surface area contributed by atoms with Crippen molar-refractivity contribution < 1.29 is 0 Å². The van der Waals surface area contributed by atoms with Gasteiger partial charge in [-0.2, -0.15) is 0 Å². The van der Waals surface area contributed by atoms with E-state index in [-0.39, 0.29) is 0 Å². The molecule has 0 radical (unpaired) electrons. The Labute approximate surface area is 119 Å². The summed E-state index contributed by atoms with van der Waals surface area (Å²) in [6.07, 6.45) is 5.95. The lowest BCUT2D eigenvalue weighted by Gasteiger charge is -2.10. The van der Waals surface area contributed by atoms with Crippen LogP contribution in [0.5, 0.6) is 0 Å². The summed E-state index contributed by atoms with van der Waals surface area (Å²) in [5.41, 5.74) is 3.79. The van der Waals surface area contributed by atoms with Gasteiger partial charge in [-0.1, -0.05) is 18.2 Å². The van der Waals surface area contributed by atoms with Gasteiger partial charge in [-0.3, -0.25) is 4.98 Å². The van der Waals surface area contributed by atoms with Gasteiger partial charge in [0.15, 0.2) is 0 Å². The van der Waals surface area contributed by atoms with E-state index in [1.807, 2.05) is 12.4 Å². The third kappa shape index (κ3) is 2.45. The molecule has 1 aromatic carbocycles. The number of rotatable bonds is 4. The number of fused-ring (bicyclic) bond motifs is 1. The summed E-state index contributed by atoms with van der Waals surface area (Å²) in [7, 11) is 4.21. The highest BCUT2D eigenvalue weighted by Crippen LogP contribution is 2.30. The number of hydrogen-bond acceptors (Lipinski definition) is 2. The Morgan fingerprint density at radius 1 is 1.05 bits per heavy atom. The monoisotopic (exact) mass is 265 g/mol. The molecule has 0 saturated carbocycles. The first kappa shape index (κ1) is 12.9. The lowest BCUT2D eigenvalue weighted by Crippen LogP contribution is -2.17. The van der Waals surface area contributed by atoms with E-state index in [1.165, 1.54) is 22.0 Å². The fourth-order valence-corrected chi connectivity index (χ4v) is 2.50.